The summed E-state index contributed by atoms with van der Waals surface area (Å²) in [4.78, 5) is 27.6. The maximum Gasteiger partial charge on any atom is 0.291 e. The first-order chi connectivity index (χ1) is 14.6. The van der Waals surface area contributed by atoms with Gasteiger partial charge in [0.05, 0.1) is 25.0 Å². The second-order valence-electron chi connectivity index (χ2n) is 7.21. The highest BCUT2D eigenvalue weighted by Crippen LogP contribution is 2.19. The van der Waals surface area contributed by atoms with Crippen molar-refractivity contribution >= 4 is 17.5 Å². The number of carbonyl (C=O) groups excluding carboxylic acids is 2. The summed E-state index contributed by atoms with van der Waals surface area (Å²) in [6, 6.07) is 6.99. The molecule has 9 heteroatoms. The van der Waals surface area contributed by atoms with Gasteiger partial charge >= 0.3 is 0 Å². The maximum absolute atomic E-state index is 12.7. The van der Waals surface area contributed by atoms with E-state index in [2.05, 4.69) is 20.6 Å². The van der Waals surface area contributed by atoms with Crippen molar-refractivity contribution in [2.45, 2.75) is 39.4 Å². The molecule has 0 radical (unpaired) electrons. The molecule has 1 saturated heterocycles. The van der Waals surface area contributed by atoms with E-state index in [1.54, 1.807) is 35.3 Å². The number of aryl methyl sites for hydroxylation is 1. The van der Waals surface area contributed by atoms with Crippen molar-refractivity contribution in [2.75, 3.05) is 18.4 Å². The second kappa shape index (κ2) is 9.00. The molecule has 0 spiro atoms. The zero-order valence-corrected chi connectivity index (χ0v) is 16.9. The fraction of sp³-hybridized carbons (Fsp3) is 0.381. The number of anilines is 1. The Morgan fingerprint density at radius 1 is 1.13 bits per heavy atom. The third-order valence-corrected chi connectivity index (χ3v) is 5.02. The number of nitrogens with zero attached hydrogens (tertiary/aromatic N) is 3. The summed E-state index contributed by atoms with van der Waals surface area (Å²) in [5, 5.41) is 9.77. The largest absolute Gasteiger partial charge is 0.467 e. The number of likely N-dealkylation sites (tertiary alicyclic amines) is 1. The van der Waals surface area contributed by atoms with E-state index in [-0.39, 0.29) is 18.0 Å². The van der Waals surface area contributed by atoms with E-state index in [1.165, 1.54) is 12.8 Å². The standard InChI is InChI=1S/C21H25N5O4/c1-2-26-14-17(19(24-26)21(28)22-12-15-6-5-11-29-15)23-20(27)18-8-7-16(30-18)13-25-9-3-4-10-25/h5-8,11,14H,2-4,9-10,12-13H2,1H3,(H,22,28)(H,23,27). The quantitative estimate of drug-likeness (QED) is 0.590. The number of carbonyl (C=O) groups is 2. The molecule has 0 unspecified atom stereocenters. The van der Waals surface area contributed by atoms with Crippen molar-refractivity contribution in [2.24, 2.45) is 0 Å². The third kappa shape index (κ3) is 4.62. The molecule has 0 saturated carbocycles. The highest BCUT2D eigenvalue weighted by atomic mass is 16.4. The Hall–Kier alpha value is -3.33. The highest BCUT2D eigenvalue weighted by Gasteiger charge is 2.21. The molecule has 3 aromatic rings. The number of hydrogen-bond acceptors (Lipinski definition) is 6. The minimum Gasteiger partial charge on any atom is -0.467 e. The Labute approximate surface area is 174 Å². The lowest BCUT2D eigenvalue weighted by atomic mass is 10.3. The van der Waals surface area contributed by atoms with Gasteiger partial charge in [-0.3, -0.25) is 19.2 Å². The van der Waals surface area contributed by atoms with Crippen molar-refractivity contribution < 1.29 is 18.4 Å². The van der Waals surface area contributed by atoms with Gasteiger partial charge in [-0.15, -0.1) is 0 Å². The molecule has 9 nitrogen and oxygen atoms in total. The normalized spacial score (nSPS) is 14.2. The predicted octanol–water partition coefficient (Wildman–Crippen LogP) is 2.87. The lowest BCUT2D eigenvalue weighted by Gasteiger charge is -2.11. The minimum absolute atomic E-state index is 0.139. The van der Waals surface area contributed by atoms with Crippen LogP contribution in [0.3, 0.4) is 0 Å². The van der Waals surface area contributed by atoms with Gasteiger partial charge in [0.1, 0.15) is 11.5 Å². The number of hydrogen-bond donors (Lipinski definition) is 2. The molecule has 2 amide bonds. The molecule has 2 N–H and O–H groups in total. The van der Waals surface area contributed by atoms with Crippen LogP contribution in [-0.2, 0) is 19.6 Å². The fourth-order valence-electron chi connectivity index (χ4n) is 3.44. The van der Waals surface area contributed by atoms with Crippen LogP contribution in [0.15, 0.2) is 45.6 Å². The second-order valence-corrected chi connectivity index (χ2v) is 7.21. The van der Waals surface area contributed by atoms with Gasteiger partial charge in [0.15, 0.2) is 11.5 Å². The summed E-state index contributed by atoms with van der Waals surface area (Å²) in [6.45, 7) is 5.50. The van der Waals surface area contributed by atoms with Gasteiger partial charge in [-0.05, 0) is 57.1 Å². The van der Waals surface area contributed by atoms with Gasteiger partial charge in [-0.2, -0.15) is 5.10 Å². The molecular formula is C21H25N5O4. The van der Waals surface area contributed by atoms with E-state index >= 15 is 0 Å². The minimum atomic E-state index is -0.418. The molecule has 0 aliphatic carbocycles. The zero-order chi connectivity index (χ0) is 20.9. The zero-order valence-electron chi connectivity index (χ0n) is 16.9. The van der Waals surface area contributed by atoms with Crippen molar-refractivity contribution in [3.05, 3.63) is 59.7 Å². The van der Waals surface area contributed by atoms with Crippen LogP contribution >= 0.6 is 0 Å². The van der Waals surface area contributed by atoms with Crippen LogP contribution in [-0.4, -0.2) is 39.6 Å². The van der Waals surface area contributed by atoms with Gasteiger partial charge in [-0.25, -0.2) is 0 Å². The van der Waals surface area contributed by atoms with E-state index in [4.69, 9.17) is 8.83 Å². The van der Waals surface area contributed by atoms with Crippen LogP contribution in [0.25, 0.3) is 0 Å². The Morgan fingerprint density at radius 2 is 1.97 bits per heavy atom. The third-order valence-electron chi connectivity index (χ3n) is 5.02. The van der Waals surface area contributed by atoms with Gasteiger partial charge < -0.3 is 19.5 Å². The van der Waals surface area contributed by atoms with Gasteiger partial charge in [0.25, 0.3) is 11.8 Å². The summed E-state index contributed by atoms with van der Waals surface area (Å²) in [5.41, 5.74) is 0.469. The van der Waals surface area contributed by atoms with Crippen LogP contribution in [0.4, 0.5) is 5.69 Å². The highest BCUT2D eigenvalue weighted by molar-refractivity contribution is 6.07. The van der Waals surface area contributed by atoms with E-state index in [0.29, 0.717) is 24.5 Å². The Balaban J connectivity index is 1.43. The van der Waals surface area contributed by atoms with E-state index < -0.39 is 11.8 Å². The monoisotopic (exact) mass is 411 g/mol. The summed E-state index contributed by atoms with van der Waals surface area (Å²) in [7, 11) is 0. The molecule has 3 aromatic heterocycles. The summed E-state index contributed by atoms with van der Waals surface area (Å²) in [6.07, 6.45) is 5.56. The molecule has 1 aliphatic heterocycles. The maximum atomic E-state index is 12.7. The molecule has 30 heavy (non-hydrogen) atoms. The van der Waals surface area contributed by atoms with Crippen molar-refractivity contribution in [3.8, 4) is 0 Å². The van der Waals surface area contributed by atoms with Gasteiger partial charge in [0, 0.05) is 12.7 Å². The van der Waals surface area contributed by atoms with Crippen LogP contribution in [0, 0.1) is 0 Å². The molecule has 1 aliphatic rings. The first-order valence-corrected chi connectivity index (χ1v) is 10.1. The van der Waals surface area contributed by atoms with Crippen LogP contribution in [0.2, 0.25) is 0 Å². The molecule has 0 atom stereocenters. The first kappa shape index (κ1) is 20.0. The molecule has 0 bridgehead atoms. The molecule has 0 aromatic carbocycles. The summed E-state index contributed by atoms with van der Waals surface area (Å²) < 4.78 is 12.5. The van der Waals surface area contributed by atoms with E-state index in [9.17, 15) is 9.59 Å². The molecule has 1 fully saturated rings. The predicted molar refractivity (Wildman–Crippen MR) is 109 cm³/mol. The Morgan fingerprint density at radius 3 is 2.70 bits per heavy atom. The van der Waals surface area contributed by atoms with Crippen molar-refractivity contribution in [1.82, 2.24) is 20.0 Å². The lowest BCUT2D eigenvalue weighted by Crippen LogP contribution is -2.25. The van der Waals surface area contributed by atoms with Crippen LogP contribution in [0.5, 0.6) is 0 Å². The SMILES string of the molecule is CCn1cc(NC(=O)c2ccc(CN3CCCC3)o2)c(C(=O)NCc2ccco2)n1. The molecule has 158 valence electrons. The number of rotatable bonds is 8. The molecule has 4 heterocycles. The fourth-order valence-corrected chi connectivity index (χ4v) is 3.44. The summed E-state index contributed by atoms with van der Waals surface area (Å²) in [5.74, 6) is 0.768. The van der Waals surface area contributed by atoms with Crippen LogP contribution in [0.1, 0.15) is 52.3 Å². The smallest absolute Gasteiger partial charge is 0.291 e. The van der Waals surface area contributed by atoms with Crippen molar-refractivity contribution in [3.63, 3.8) is 0 Å². The van der Waals surface area contributed by atoms with Gasteiger partial charge in [-0.1, -0.05) is 0 Å². The first-order valence-electron chi connectivity index (χ1n) is 10.1. The lowest BCUT2D eigenvalue weighted by molar-refractivity contribution is 0.0943. The number of amides is 2. The summed E-state index contributed by atoms with van der Waals surface area (Å²) >= 11 is 0. The Bertz CT molecular complexity index is 999. The van der Waals surface area contributed by atoms with Crippen LogP contribution < -0.4 is 10.6 Å². The average molecular weight is 411 g/mol. The number of furan rings is 2. The number of aromatic nitrogens is 2. The van der Waals surface area contributed by atoms with E-state index in [0.717, 1.165) is 18.8 Å². The number of nitrogens with one attached hydrogen (secondary N) is 2. The van der Waals surface area contributed by atoms with Crippen molar-refractivity contribution in [1.29, 1.82) is 0 Å². The average Bonchev–Trinajstić information content (AvgIpc) is 3.53. The Kier molecular flexibility index (Phi) is 5.99. The van der Waals surface area contributed by atoms with E-state index in [1.807, 2.05) is 13.0 Å². The van der Waals surface area contributed by atoms with Gasteiger partial charge in [0.2, 0.25) is 0 Å². The molecular weight excluding hydrogens is 386 g/mol. The topological polar surface area (TPSA) is 106 Å². The molecule has 4 rings (SSSR count).